The number of carbonyl (C=O) groups excluding carboxylic acids is 1. The minimum atomic E-state index is -0.913. The molecule has 1 atom stereocenters. The second kappa shape index (κ2) is 3.98. The van der Waals surface area contributed by atoms with Crippen LogP contribution in [0.5, 0.6) is 11.5 Å². The molecule has 0 fully saturated rings. The fourth-order valence-corrected chi connectivity index (χ4v) is 2.78. The molecular formula is C16H20O4. The summed E-state index contributed by atoms with van der Waals surface area (Å²) in [7, 11) is 0. The highest BCUT2D eigenvalue weighted by atomic mass is 16.5. The van der Waals surface area contributed by atoms with Crippen molar-refractivity contribution in [2.45, 2.75) is 57.8 Å². The molecule has 3 rings (SSSR count). The Morgan fingerprint density at radius 1 is 1.30 bits per heavy atom. The first-order chi connectivity index (χ1) is 9.16. The van der Waals surface area contributed by atoms with Gasteiger partial charge in [0, 0.05) is 12.0 Å². The third-order valence-electron chi connectivity index (χ3n) is 3.90. The van der Waals surface area contributed by atoms with Crippen molar-refractivity contribution in [2.24, 2.45) is 0 Å². The van der Waals surface area contributed by atoms with Crippen molar-refractivity contribution in [1.29, 1.82) is 0 Å². The molecule has 0 radical (unpaired) electrons. The summed E-state index contributed by atoms with van der Waals surface area (Å²) in [5.74, 6) is 1.40. The van der Waals surface area contributed by atoms with Crippen LogP contribution < -0.4 is 9.47 Å². The average Bonchev–Trinajstić information content (AvgIpc) is 2.67. The summed E-state index contributed by atoms with van der Waals surface area (Å²) >= 11 is 0. The van der Waals surface area contributed by atoms with Crippen molar-refractivity contribution in [1.82, 2.24) is 0 Å². The second-order valence-electron chi connectivity index (χ2n) is 6.88. The van der Waals surface area contributed by atoms with E-state index in [2.05, 4.69) is 0 Å². The van der Waals surface area contributed by atoms with Gasteiger partial charge in [0.1, 0.15) is 23.2 Å². The van der Waals surface area contributed by atoms with Crippen LogP contribution in [0.15, 0.2) is 12.1 Å². The number of ketones is 1. The van der Waals surface area contributed by atoms with Crippen LogP contribution >= 0.6 is 0 Å². The Kier molecular flexibility index (Phi) is 2.67. The topological polar surface area (TPSA) is 55.8 Å². The van der Waals surface area contributed by atoms with Crippen LogP contribution in [0.4, 0.5) is 0 Å². The van der Waals surface area contributed by atoms with Crippen molar-refractivity contribution < 1.29 is 19.4 Å². The molecule has 0 aromatic heterocycles. The zero-order valence-electron chi connectivity index (χ0n) is 12.3. The van der Waals surface area contributed by atoms with Crippen LogP contribution in [-0.4, -0.2) is 28.2 Å². The smallest absolute Gasteiger partial charge is 0.170 e. The van der Waals surface area contributed by atoms with Crippen LogP contribution in [0, 0.1) is 0 Å². The highest BCUT2D eigenvalue weighted by molar-refractivity contribution is 6.00. The number of aliphatic hydroxyl groups is 1. The highest BCUT2D eigenvalue weighted by Gasteiger charge is 2.38. The molecule has 2 heterocycles. The second-order valence-corrected chi connectivity index (χ2v) is 6.88. The summed E-state index contributed by atoms with van der Waals surface area (Å²) in [5.41, 5.74) is 0.192. The molecule has 2 aliphatic heterocycles. The molecule has 0 spiro atoms. The number of rotatable bonds is 1. The van der Waals surface area contributed by atoms with Crippen LogP contribution in [0.25, 0.3) is 0 Å². The number of hydrogen-bond donors (Lipinski definition) is 1. The molecule has 1 aromatic carbocycles. The lowest BCUT2D eigenvalue weighted by molar-refractivity contribution is -0.0229. The summed E-state index contributed by atoms with van der Waals surface area (Å²) in [5, 5.41) is 10.1. The Morgan fingerprint density at radius 3 is 2.65 bits per heavy atom. The standard InChI is InChI=1S/C16H20O4/c1-15(2)8-11(17)10-7-12-9(5-13(10)20-15)6-14(19-12)16(3,4)18/h5,7,14,18H,6,8H2,1-4H3. The predicted octanol–water partition coefficient (Wildman–Crippen LogP) is 2.50. The van der Waals surface area contributed by atoms with E-state index in [1.165, 1.54) is 0 Å². The minimum absolute atomic E-state index is 0.0781. The molecule has 0 amide bonds. The number of hydrogen-bond acceptors (Lipinski definition) is 4. The number of benzene rings is 1. The van der Waals surface area contributed by atoms with Crippen molar-refractivity contribution >= 4 is 5.78 Å². The maximum absolute atomic E-state index is 12.2. The Morgan fingerprint density at radius 2 is 2.00 bits per heavy atom. The molecule has 0 saturated heterocycles. The third-order valence-corrected chi connectivity index (χ3v) is 3.90. The molecule has 4 heteroatoms. The molecule has 108 valence electrons. The Hall–Kier alpha value is -1.55. The van der Waals surface area contributed by atoms with Gasteiger partial charge in [0.05, 0.1) is 17.6 Å². The third kappa shape index (κ3) is 2.18. The van der Waals surface area contributed by atoms with E-state index in [1.54, 1.807) is 19.9 Å². The van der Waals surface area contributed by atoms with Crippen LogP contribution in [0.1, 0.15) is 50.0 Å². The monoisotopic (exact) mass is 276 g/mol. The molecule has 1 N–H and O–H groups in total. The first-order valence-electron chi connectivity index (χ1n) is 6.94. The van der Waals surface area contributed by atoms with Gasteiger partial charge < -0.3 is 14.6 Å². The van der Waals surface area contributed by atoms with Gasteiger partial charge in [-0.2, -0.15) is 0 Å². The largest absolute Gasteiger partial charge is 0.487 e. The highest BCUT2D eigenvalue weighted by Crippen LogP contribution is 2.41. The van der Waals surface area contributed by atoms with Gasteiger partial charge >= 0.3 is 0 Å². The van der Waals surface area contributed by atoms with Gasteiger partial charge in [-0.1, -0.05) is 0 Å². The van der Waals surface area contributed by atoms with Gasteiger partial charge in [-0.15, -0.1) is 0 Å². The molecule has 2 aliphatic rings. The van der Waals surface area contributed by atoms with Crippen LogP contribution in [-0.2, 0) is 6.42 Å². The van der Waals surface area contributed by atoms with E-state index >= 15 is 0 Å². The van der Waals surface area contributed by atoms with Crippen molar-refractivity contribution in [3.8, 4) is 11.5 Å². The zero-order valence-corrected chi connectivity index (χ0v) is 12.3. The number of ether oxygens (including phenoxy) is 2. The van der Waals surface area contributed by atoms with Gasteiger partial charge in [0.2, 0.25) is 0 Å². The summed E-state index contributed by atoms with van der Waals surface area (Å²) in [4.78, 5) is 12.2. The first kappa shape index (κ1) is 13.4. The Balaban J connectivity index is 1.99. The van der Waals surface area contributed by atoms with Crippen LogP contribution in [0.3, 0.4) is 0 Å². The number of fused-ring (bicyclic) bond motifs is 2. The summed E-state index contributed by atoms with van der Waals surface area (Å²) in [6.07, 6.45) is 0.710. The summed E-state index contributed by atoms with van der Waals surface area (Å²) in [6.45, 7) is 7.29. The fourth-order valence-electron chi connectivity index (χ4n) is 2.78. The van der Waals surface area contributed by atoms with Gasteiger partial charge in [-0.25, -0.2) is 0 Å². The first-order valence-corrected chi connectivity index (χ1v) is 6.94. The average molecular weight is 276 g/mol. The Labute approximate surface area is 118 Å². The SMILES string of the molecule is CC1(C)CC(=O)c2cc3c(cc2O1)CC(C(C)(C)O)O3. The maximum atomic E-state index is 12.2. The van der Waals surface area contributed by atoms with E-state index < -0.39 is 11.2 Å². The molecule has 1 aromatic rings. The van der Waals surface area contributed by atoms with E-state index in [0.717, 1.165) is 5.56 Å². The van der Waals surface area contributed by atoms with Crippen molar-refractivity contribution in [3.63, 3.8) is 0 Å². The van der Waals surface area contributed by atoms with Gasteiger partial charge in [-0.05, 0) is 39.8 Å². The molecule has 1 unspecified atom stereocenters. The summed E-state index contributed by atoms with van der Waals surface area (Å²) in [6, 6.07) is 3.64. The number of carbonyl (C=O) groups is 1. The van der Waals surface area contributed by atoms with E-state index in [4.69, 9.17) is 9.47 Å². The molecule has 20 heavy (non-hydrogen) atoms. The predicted molar refractivity (Wildman–Crippen MR) is 74.5 cm³/mol. The Bertz CT molecular complexity index is 581. The van der Waals surface area contributed by atoms with Crippen LogP contribution in [0.2, 0.25) is 0 Å². The molecule has 0 saturated carbocycles. The van der Waals surface area contributed by atoms with Gasteiger partial charge in [0.15, 0.2) is 5.78 Å². The molecule has 0 bridgehead atoms. The van der Waals surface area contributed by atoms with Gasteiger partial charge in [-0.3, -0.25) is 4.79 Å². The van der Waals surface area contributed by atoms with E-state index in [-0.39, 0.29) is 11.9 Å². The molecule has 0 aliphatic carbocycles. The van der Waals surface area contributed by atoms with E-state index in [0.29, 0.717) is 29.9 Å². The fraction of sp³-hybridized carbons (Fsp3) is 0.562. The van der Waals surface area contributed by atoms with Gasteiger partial charge in [0.25, 0.3) is 0 Å². The molecule has 4 nitrogen and oxygen atoms in total. The lowest BCUT2D eigenvalue weighted by Gasteiger charge is -2.31. The molecular weight excluding hydrogens is 256 g/mol. The summed E-state index contributed by atoms with van der Waals surface area (Å²) < 4.78 is 11.7. The lowest BCUT2D eigenvalue weighted by Crippen LogP contribution is -2.39. The van der Waals surface area contributed by atoms with Crippen molar-refractivity contribution in [2.75, 3.05) is 0 Å². The zero-order chi connectivity index (χ0) is 14.7. The maximum Gasteiger partial charge on any atom is 0.170 e. The number of Topliss-reactive ketones (excluding diaryl/α,β-unsaturated/α-hetero) is 1. The normalized spacial score (nSPS) is 23.6. The quantitative estimate of drug-likeness (QED) is 0.856. The minimum Gasteiger partial charge on any atom is -0.487 e. The lowest BCUT2D eigenvalue weighted by atomic mass is 9.91. The van der Waals surface area contributed by atoms with E-state index in [1.807, 2.05) is 19.9 Å². The van der Waals surface area contributed by atoms with Crippen molar-refractivity contribution in [3.05, 3.63) is 23.3 Å². The van der Waals surface area contributed by atoms with E-state index in [9.17, 15) is 9.90 Å².